The number of hydrogen-bond donors (Lipinski definition) is 1. The maximum atomic E-state index is 5.80. The van der Waals surface area contributed by atoms with Gasteiger partial charge in [-0.05, 0) is 37.4 Å². The molecular formula is C22H25N3O3. The van der Waals surface area contributed by atoms with Crippen molar-refractivity contribution in [2.45, 2.75) is 31.9 Å². The first-order valence-corrected chi connectivity index (χ1v) is 9.76. The number of aryl methyl sites for hydroxylation is 1. The van der Waals surface area contributed by atoms with Gasteiger partial charge in [-0.1, -0.05) is 35.5 Å². The average Bonchev–Trinajstić information content (AvgIpc) is 3.17. The Bertz CT molecular complexity index is 862. The summed E-state index contributed by atoms with van der Waals surface area (Å²) in [4.78, 5) is 4.25. The summed E-state index contributed by atoms with van der Waals surface area (Å²) in [5.74, 6) is 1.46. The average molecular weight is 379 g/mol. The van der Waals surface area contributed by atoms with Crippen molar-refractivity contribution in [3.05, 3.63) is 66.1 Å². The van der Waals surface area contributed by atoms with Gasteiger partial charge in [-0.2, -0.15) is 0 Å². The Labute approximate surface area is 164 Å². The van der Waals surface area contributed by atoms with Gasteiger partial charge in [-0.25, -0.2) is 0 Å². The van der Waals surface area contributed by atoms with Crippen LogP contribution in [0.3, 0.4) is 0 Å². The lowest BCUT2D eigenvalue weighted by Crippen LogP contribution is -2.46. The molecule has 1 atom stereocenters. The highest BCUT2D eigenvalue weighted by Crippen LogP contribution is 2.24. The van der Waals surface area contributed by atoms with Crippen LogP contribution < -0.4 is 10.1 Å². The van der Waals surface area contributed by atoms with Gasteiger partial charge in [0.05, 0.1) is 18.5 Å². The largest absolute Gasteiger partial charge is 0.490 e. The second kappa shape index (κ2) is 9.48. The molecule has 4 rings (SSSR count). The highest BCUT2D eigenvalue weighted by molar-refractivity contribution is 5.58. The van der Waals surface area contributed by atoms with Gasteiger partial charge in [0, 0.05) is 30.5 Å². The molecule has 0 saturated carbocycles. The van der Waals surface area contributed by atoms with Gasteiger partial charge < -0.3 is 19.3 Å². The quantitative estimate of drug-likeness (QED) is 0.543. The molecule has 3 heterocycles. The second-order valence-electron chi connectivity index (χ2n) is 6.98. The Balaban J connectivity index is 1.23. The zero-order valence-electron chi connectivity index (χ0n) is 15.8. The van der Waals surface area contributed by atoms with Crippen LogP contribution in [0.4, 0.5) is 0 Å². The lowest BCUT2D eigenvalue weighted by Gasteiger charge is -2.27. The lowest BCUT2D eigenvalue weighted by atomic mass is 10.1. The Kier molecular flexibility index (Phi) is 6.32. The SMILES string of the molecule is c1ccc(COCCCc2cc(-c3cncc(OCC4CCN4)c3)on2)cc1. The van der Waals surface area contributed by atoms with Crippen LogP contribution in [0.15, 0.2) is 59.4 Å². The molecule has 6 nitrogen and oxygen atoms in total. The first kappa shape index (κ1) is 18.7. The van der Waals surface area contributed by atoms with Crippen LogP contribution in [0, 0.1) is 0 Å². The molecule has 0 amide bonds. The van der Waals surface area contributed by atoms with Gasteiger partial charge >= 0.3 is 0 Å². The van der Waals surface area contributed by atoms with E-state index < -0.39 is 0 Å². The predicted molar refractivity (Wildman–Crippen MR) is 106 cm³/mol. The normalized spacial score (nSPS) is 15.9. The van der Waals surface area contributed by atoms with Crippen molar-refractivity contribution < 1.29 is 14.0 Å². The summed E-state index contributed by atoms with van der Waals surface area (Å²) in [6.07, 6.45) is 6.36. The van der Waals surface area contributed by atoms with E-state index in [9.17, 15) is 0 Å². The molecule has 0 bridgehead atoms. The van der Waals surface area contributed by atoms with Crippen LogP contribution in [0.2, 0.25) is 0 Å². The summed E-state index contributed by atoms with van der Waals surface area (Å²) < 4.78 is 17.0. The monoisotopic (exact) mass is 379 g/mol. The van der Waals surface area contributed by atoms with Gasteiger partial charge in [0.25, 0.3) is 0 Å². The van der Waals surface area contributed by atoms with Crippen molar-refractivity contribution in [3.8, 4) is 17.1 Å². The summed E-state index contributed by atoms with van der Waals surface area (Å²) >= 11 is 0. The first-order chi connectivity index (χ1) is 13.9. The molecular weight excluding hydrogens is 354 g/mol. The van der Waals surface area contributed by atoms with Gasteiger partial charge in [0.15, 0.2) is 5.76 Å². The number of hydrogen-bond acceptors (Lipinski definition) is 6. The van der Waals surface area contributed by atoms with E-state index >= 15 is 0 Å². The molecule has 1 saturated heterocycles. The van der Waals surface area contributed by atoms with Crippen LogP contribution in [0.25, 0.3) is 11.3 Å². The topological polar surface area (TPSA) is 69.4 Å². The molecule has 1 aliphatic heterocycles. The van der Waals surface area contributed by atoms with Crippen LogP contribution >= 0.6 is 0 Å². The number of rotatable bonds is 10. The van der Waals surface area contributed by atoms with Crippen LogP contribution in [0.1, 0.15) is 24.1 Å². The van der Waals surface area contributed by atoms with Crippen molar-refractivity contribution in [2.24, 2.45) is 0 Å². The van der Waals surface area contributed by atoms with Gasteiger partial charge in [-0.3, -0.25) is 4.98 Å². The highest BCUT2D eigenvalue weighted by atomic mass is 16.5. The molecule has 1 aliphatic rings. The lowest BCUT2D eigenvalue weighted by molar-refractivity contribution is 0.118. The van der Waals surface area contributed by atoms with Gasteiger partial charge in [0.2, 0.25) is 0 Å². The molecule has 1 fully saturated rings. The molecule has 0 radical (unpaired) electrons. The zero-order chi connectivity index (χ0) is 19.0. The molecule has 3 aromatic rings. The van der Waals surface area contributed by atoms with E-state index in [0.717, 1.165) is 42.8 Å². The number of ether oxygens (including phenoxy) is 2. The number of aromatic nitrogens is 2. The third-order valence-electron chi connectivity index (χ3n) is 4.77. The van der Waals surface area contributed by atoms with Crippen LogP contribution in [0.5, 0.6) is 5.75 Å². The Morgan fingerprint density at radius 1 is 1.14 bits per heavy atom. The van der Waals surface area contributed by atoms with Crippen LogP contribution in [-0.4, -0.2) is 35.9 Å². The number of benzene rings is 1. The standard InChI is InChI=1S/C22H25N3O3/c1-2-5-17(6-3-1)15-26-10-4-7-19-12-22(28-25-19)18-11-21(14-23-13-18)27-16-20-8-9-24-20/h1-3,5-6,11-14,20,24H,4,7-10,15-16H2. The van der Waals surface area contributed by atoms with Crippen molar-refractivity contribution in [2.75, 3.05) is 19.8 Å². The molecule has 6 heteroatoms. The van der Waals surface area contributed by atoms with E-state index in [1.807, 2.05) is 30.3 Å². The van der Waals surface area contributed by atoms with Crippen LogP contribution in [-0.2, 0) is 17.8 Å². The Hall–Kier alpha value is -2.70. The highest BCUT2D eigenvalue weighted by Gasteiger charge is 2.17. The summed E-state index contributed by atoms with van der Waals surface area (Å²) in [6.45, 7) is 3.07. The summed E-state index contributed by atoms with van der Waals surface area (Å²) in [6, 6.07) is 14.5. The van der Waals surface area contributed by atoms with E-state index in [1.54, 1.807) is 12.4 Å². The maximum Gasteiger partial charge on any atom is 0.168 e. The maximum absolute atomic E-state index is 5.80. The fourth-order valence-corrected chi connectivity index (χ4v) is 3.01. The summed E-state index contributed by atoms with van der Waals surface area (Å²) in [5, 5.41) is 7.48. The third-order valence-corrected chi connectivity index (χ3v) is 4.77. The smallest absolute Gasteiger partial charge is 0.168 e. The molecule has 0 aliphatic carbocycles. The minimum atomic E-state index is 0.449. The number of nitrogens with one attached hydrogen (secondary N) is 1. The molecule has 28 heavy (non-hydrogen) atoms. The molecule has 1 N–H and O–H groups in total. The van der Waals surface area contributed by atoms with E-state index in [-0.39, 0.29) is 0 Å². The first-order valence-electron chi connectivity index (χ1n) is 9.76. The van der Waals surface area contributed by atoms with Crippen molar-refractivity contribution in [1.82, 2.24) is 15.5 Å². The van der Waals surface area contributed by atoms with E-state index in [1.165, 1.54) is 5.56 Å². The van der Waals surface area contributed by atoms with Gasteiger partial charge in [-0.15, -0.1) is 0 Å². The number of pyridine rings is 1. The molecule has 1 aromatic carbocycles. The second-order valence-corrected chi connectivity index (χ2v) is 6.98. The third kappa shape index (κ3) is 5.18. The van der Waals surface area contributed by atoms with E-state index in [2.05, 4.69) is 27.6 Å². The number of nitrogens with zero attached hydrogens (tertiary/aromatic N) is 2. The summed E-state index contributed by atoms with van der Waals surface area (Å²) in [7, 11) is 0. The minimum absolute atomic E-state index is 0.449. The predicted octanol–water partition coefficient (Wildman–Crippen LogP) is 3.63. The molecule has 0 spiro atoms. The molecule has 2 aromatic heterocycles. The Morgan fingerprint density at radius 2 is 2.04 bits per heavy atom. The van der Waals surface area contributed by atoms with E-state index in [4.69, 9.17) is 14.0 Å². The fourth-order valence-electron chi connectivity index (χ4n) is 3.01. The molecule has 146 valence electrons. The van der Waals surface area contributed by atoms with Crippen molar-refractivity contribution in [3.63, 3.8) is 0 Å². The Morgan fingerprint density at radius 3 is 2.86 bits per heavy atom. The van der Waals surface area contributed by atoms with E-state index in [0.29, 0.717) is 31.6 Å². The zero-order valence-corrected chi connectivity index (χ0v) is 15.8. The fraction of sp³-hybridized carbons (Fsp3) is 0.364. The van der Waals surface area contributed by atoms with Crippen molar-refractivity contribution >= 4 is 0 Å². The van der Waals surface area contributed by atoms with Gasteiger partial charge in [0.1, 0.15) is 12.4 Å². The molecule has 1 unspecified atom stereocenters. The summed E-state index contributed by atoms with van der Waals surface area (Å²) in [5.41, 5.74) is 2.98. The minimum Gasteiger partial charge on any atom is -0.490 e. The van der Waals surface area contributed by atoms with Crippen molar-refractivity contribution in [1.29, 1.82) is 0 Å².